The first-order chi connectivity index (χ1) is 36.4. The fraction of sp³-hybridized carbons (Fsp3) is 0.265. The number of methoxy groups -OCH3 is 5. The smallest absolute Gasteiger partial charge is 0.337 e. The number of hydrogen-bond acceptors (Lipinski definition) is 23. The van der Waals surface area contributed by atoms with Crippen LogP contribution in [0.15, 0.2) is 83.8 Å². The number of nitrogens with one attached hydrogen (secondary N) is 4. The molecule has 2 atom stereocenters. The van der Waals surface area contributed by atoms with Gasteiger partial charge in [-0.15, -0.1) is 22.7 Å². The lowest BCUT2D eigenvalue weighted by molar-refractivity contribution is 0.0599. The number of carbonyl (C=O) groups excluding carboxylic acids is 3. The Kier molecular flexibility index (Phi) is 15.5. The molecule has 24 nitrogen and oxygen atoms in total. The van der Waals surface area contributed by atoms with E-state index in [9.17, 15) is 19.2 Å². The number of benzene rings is 2. The number of rotatable bonds is 16. The van der Waals surface area contributed by atoms with Crippen molar-refractivity contribution in [2.45, 2.75) is 24.9 Å². The van der Waals surface area contributed by atoms with Crippen LogP contribution in [-0.4, -0.2) is 143 Å². The van der Waals surface area contributed by atoms with Crippen molar-refractivity contribution in [2.75, 3.05) is 82.2 Å². The van der Waals surface area contributed by atoms with Crippen molar-refractivity contribution in [2.24, 2.45) is 0 Å². The lowest BCUT2D eigenvalue weighted by Gasteiger charge is -2.18. The number of hydrogen-bond donors (Lipinski definition) is 5. The van der Waals surface area contributed by atoms with Crippen LogP contribution in [0.4, 0.5) is 35.2 Å². The Morgan fingerprint density at radius 3 is 1.37 bits per heavy atom. The van der Waals surface area contributed by atoms with Gasteiger partial charge in [0.1, 0.15) is 22.7 Å². The zero-order valence-electron chi connectivity index (χ0n) is 40.9. The molecule has 6 aromatic heterocycles. The summed E-state index contributed by atoms with van der Waals surface area (Å²) in [6.45, 7) is 2.40. The molecule has 386 valence electrons. The monoisotopic (exact) mass is 1060 g/mol. The molecule has 0 radical (unpaired) electrons. The van der Waals surface area contributed by atoms with E-state index in [0.717, 1.165) is 16.1 Å². The fourth-order valence-corrected chi connectivity index (χ4v) is 9.40. The van der Waals surface area contributed by atoms with E-state index in [0.29, 0.717) is 119 Å². The maximum Gasteiger partial charge on any atom is 0.337 e. The molecule has 2 aliphatic heterocycles. The van der Waals surface area contributed by atoms with E-state index in [1.54, 1.807) is 73.8 Å². The maximum absolute atomic E-state index is 12.8. The predicted molar refractivity (Wildman–Crippen MR) is 279 cm³/mol. The number of nitrogens with zero attached hydrogens (tertiary/aromatic N) is 10. The second-order valence-corrected chi connectivity index (χ2v) is 18.3. The minimum atomic E-state index is -1.04. The summed E-state index contributed by atoms with van der Waals surface area (Å²) >= 11 is 2.82. The highest BCUT2D eigenvalue weighted by molar-refractivity contribution is 7.16. The minimum absolute atomic E-state index is 0.0903. The molecule has 26 heteroatoms. The van der Waals surface area contributed by atoms with Gasteiger partial charge in [-0.25, -0.2) is 19.6 Å². The number of esters is 1. The molecule has 2 aliphatic rings. The van der Waals surface area contributed by atoms with Crippen molar-refractivity contribution in [3.63, 3.8) is 0 Å². The van der Waals surface area contributed by atoms with E-state index in [2.05, 4.69) is 46.2 Å². The number of amides is 2. The van der Waals surface area contributed by atoms with Crippen molar-refractivity contribution < 1.29 is 48.0 Å². The lowest BCUT2D eigenvalue weighted by atomic mass is 10.1. The molecule has 8 heterocycles. The number of pyridine rings is 2. The summed E-state index contributed by atoms with van der Waals surface area (Å²) in [4.78, 5) is 90.1. The third kappa shape index (κ3) is 11.6. The number of anilines is 6. The fourth-order valence-electron chi connectivity index (χ4n) is 8.10. The molecule has 0 aliphatic carbocycles. The Morgan fingerprint density at radius 1 is 0.547 bits per heavy atom. The van der Waals surface area contributed by atoms with Crippen molar-refractivity contribution in [3.8, 4) is 23.3 Å². The molecule has 8 aromatic rings. The highest BCUT2D eigenvalue weighted by Gasteiger charge is 2.29. The van der Waals surface area contributed by atoms with Crippen molar-refractivity contribution in [3.05, 3.63) is 106 Å². The highest BCUT2D eigenvalue weighted by atomic mass is 32.1. The van der Waals surface area contributed by atoms with E-state index in [-0.39, 0.29) is 29.5 Å². The third-order valence-corrected chi connectivity index (χ3v) is 13.4. The number of carboxylic acids is 1. The Bertz CT molecular complexity index is 3380. The van der Waals surface area contributed by atoms with Gasteiger partial charge in [0.05, 0.1) is 57.7 Å². The summed E-state index contributed by atoms with van der Waals surface area (Å²) in [6.07, 6.45) is 1.44. The summed E-state index contributed by atoms with van der Waals surface area (Å²) in [7, 11) is 7.45. The molecule has 75 heavy (non-hydrogen) atoms. The van der Waals surface area contributed by atoms with Crippen molar-refractivity contribution >= 4 is 102 Å². The first-order valence-electron chi connectivity index (χ1n) is 23.0. The maximum atomic E-state index is 12.8. The molecule has 0 bridgehead atoms. The van der Waals surface area contributed by atoms with Gasteiger partial charge in [-0.1, -0.05) is 0 Å². The molecular weight excluding hydrogens is 1010 g/mol. The van der Waals surface area contributed by atoms with Crippen LogP contribution < -0.4 is 50.0 Å². The van der Waals surface area contributed by atoms with Gasteiger partial charge in [-0.05, 0) is 85.6 Å². The van der Waals surface area contributed by atoms with Crippen molar-refractivity contribution in [1.29, 1.82) is 0 Å². The van der Waals surface area contributed by atoms with Gasteiger partial charge >= 0.3 is 11.9 Å². The second kappa shape index (κ2) is 22.8. The van der Waals surface area contributed by atoms with Crippen LogP contribution in [0.3, 0.4) is 0 Å². The minimum Gasteiger partial charge on any atom is -0.491 e. The van der Waals surface area contributed by atoms with Gasteiger partial charge in [-0.2, -0.15) is 29.9 Å². The predicted octanol–water partition coefficient (Wildman–Crippen LogP) is 5.99. The number of thiazole rings is 2. The molecule has 2 aromatic carbocycles. The first kappa shape index (κ1) is 50.9. The number of ether oxygens (including phenoxy) is 5. The third-order valence-electron chi connectivity index (χ3n) is 11.9. The van der Waals surface area contributed by atoms with Gasteiger partial charge < -0.3 is 59.9 Å². The number of carbonyl (C=O) groups is 4. The van der Waals surface area contributed by atoms with E-state index >= 15 is 0 Å². The van der Waals surface area contributed by atoms with Crippen LogP contribution in [-0.2, 0) is 4.74 Å². The van der Waals surface area contributed by atoms with Gasteiger partial charge in [0.2, 0.25) is 11.9 Å². The molecular formula is C49H48N14O10S2. The van der Waals surface area contributed by atoms with E-state index in [1.165, 1.54) is 68.3 Å². The first-order valence-corrected chi connectivity index (χ1v) is 24.8. The van der Waals surface area contributed by atoms with Gasteiger partial charge in [0.15, 0.2) is 32.8 Å². The standard InChI is InChI=1S/C25H25N7O5S.C24H23N7O5S/c1-35-17-8-9-18(29-22(17)36-2)28-20-19-23(38-13-26-19)31-25(30-20)32-11-10-16(12-32)27-21(33)14-4-6-15(7-5-14)24(34)37-3;1-35-16-7-8-17(28-21(16)36-2)27-19-18-22(37-12-25-18)30-24(29-19)31-10-9-15(11-31)26-20(32)13-3-5-14(6-4-13)23(33)34/h4-9,13,16H,10-12H2,1-3H3,(H,27,33)(H,28,29,30,31);3-8,12,15H,9-11H2,1-2H3,(H,26,32)(H,33,34)(H,27,28,29,30). The highest BCUT2D eigenvalue weighted by Crippen LogP contribution is 2.33. The lowest BCUT2D eigenvalue weighted by Crippen LogP contribution is -2.37. The van der Waals surface area contributed by atoms with E-state index in [1.807, 2.05) is 9.80 Å². The van der Waals surface area contributed by atoms with Crippen LogP contribution in [0, 0.1) is 0 Å². The second-order valence-electron chi connectivity index (χ2n) is 16.6. The Labute approximate surface area is 435 Å². The van der Waals surface area contributed by atoms with Crippen LogP contribution in [0.2, 0.25) is 0 Å². The topological polar surface area (TPSA) is 292 Å². The normalized spacial score (nSPS) is 14.9. The summed E-state index contributed by atoms with van der Waals surface area (Å²) < 4.78 is 25.8. The zero-order valence-corrected chi connectivity index (χ0v) is 42.5. The quantitative estimate of drug-likeness (QED) is 0.0695. The van der Waals surface area contributed by atoms with Gasteiger partial charge in [0, 0.05) is 49.4 Å². The Morgan fingerprint density at radius 2 is 0.973 bits per heavy atom. The van der Waals surface area contributed by atoms with E-state index < -0.39 is 11.9 Å². The van der Waals surface area contributed by atoms with Gasteiger partial charge in [0.25, 0.3) is 23.6 Å². The number of aromatic nitrogens is 8. The largest absolute Gasteiger partial charge is 0.491 e. The molecule has 2 unspecified atom stereocenters. The Hall–Kier alpha value is -9.04. The molecule has 5 N–H and O–H groups in total. The summed E-state index contributed by atoms with van der Waals surface area (Å²) in [5.41, 5.74) is 6.07. The van der Waals surface area contributed by atoms with Crippen LogP contribution in [0.25, 0.3) is 20.7 Å². The molecule has 2 saturated heterocycles. The van der Waals surface area contributed by atoms with Crippen LogP contribution >= 0.6 is 22.7 Å². The summed E-state index contributed by atoms with van der Waals surface area (Å²) in [5, 5.41) is 21.5. The number of fused-ring (bicyclic) bond motifs is 2. The summed E-state index contributed by atoms with van der Waals surface area (Å²) in [6, 6.07) is 19.0. The van der Waals surface area contributed by atoms with Gasteiger partial charge in [-0.3, -0.25) is 9.59 Å². The average molecular weight is 1060 g/mol. The molecule has 2 amide bonds. The average Bonchev–Trinajstić information content (AvgIpc) is 4.30. The molecule has 0 saturated carbocycles. The molecule has 0 spiro atoms. The molecule has 10 rings (SSSR count). The number of carboxylic acid groups (broad SMARTS) is 1. The number of aromatic carboxylic acids is 1. The summed E-state index contributed by atoms with van der Waals surface area (Å²) in [5.74, 6) is 2.86. The van der Waals surface area contributed by atoms with Crippen LogP contribution in [0.5, 0.6) is 23.3 Å². The molecule has 2 fully saturated rings. The van der Waals surface area contributed by atoms with Crippen LogP contribution in [0.1, 0.15) is 54.3 Å². The van der Waals surface area contributed by atoms with Crippen molar-refractivity contribution in [1.82, 2.24) is 50.5 Å². The zero-order chi connectivity index (χ0) is 52.6. The Balaban J connectivity index is 0.000000184. The SMILES string of the molecule is COC(=O)c1ccc(C(=O)NC2CCN(c3nc(Nc4ccc(OC)c(OC)n4)c4ncsc4n3)C2)cc1.COc1ccc(Nc2nc(N3CCC(NC(=O)c4ccc(C(=O)O)cc4)C3)nc3scnc23)nc1OC. The van der Waals surface area contributed by atoms with E-state index in [4.69, 9.17) is 43.7 Å².